The van der Waals surface area contributed by atoms with Gasteiger partial charge in [-0.05, 0) is 100 Å². The fraction of sp³-hybridized carbons (Fsp3) is 0.333. The van der Waals surface area contributed by atoms with Gasteiger partial charge in [0.2, 0.25) is 0 Å². The van der Waals surface area contributed by atoms with Crippen LogP contribution in [-0.4, -0.2) is 0 Å². The van der Waals surface area contributed by atoms with E-state index in [1.807, 2.05) is 0 Å². The average Bonchev–Trinajstić information content (AvgIpc) is 3.14. The number of fused-ring (bicyclic) bond motifs is 5. The normalized spacial score (nSPS) is 17.3. The van der Waals surface area contributed by atoms with Crippen molar-refractivity contribution in [2.45, 2.75) is 52.4 Å². The lowest BCUT2D eigenvalue weighted by atomic mass is 9.76. The quantitative estimate of drug-likeness (QED) is 0.535. The maximum Gasteiger partial charge on any atom is -0.00106 e. The molecule has 0 nitrogen and oxygen atoms in total. The Labute approximate surface area is 144 Å². The second-order valence-corrected chi connectivity index (χ2v) is 7.34. The third-order valence-corrected chi connectivity index (χ3v) is 6.33. The van der Waals surface area contributed by atoms with Crippen LogP contribution in [0.2, 0.25) is 0 Å². The van der Waals surface area contributed by atoms with Crippen molar-refractivity contribution in [3.8, 4) is 11.1 Å². The first-order valence-electron chi connectivity index (χ1n) is 9.49. The van der Waals surface area contributed by atoms with E-state index in [1.54, 1.807) is 39.0 Å². The van der Waals surface area contributed by atoms with Crippen LogP contribution in [0.4, 0.5) is 0 Å². The molecule has 120 valence electrons. The highest BCUT2D eigenvalue weighted by Gasteiger charge is 2.31. The summed E-state index contributed by atoms with van der Waals surface area (Å²) in [7, 11) is 0. The molecule has 0 unspecified atom stereocenters. The summed E-state index contributed by atoms with van der Waals surface area (Å²) in [6, 6.07) is 11.5. The van der Waals surface area contributed by atoms with E-state index >= 15 is 0 Å². The van der Waals surface area contributed by atoms with Gasteiger partial charge >= 0.3 is 0 Å². The first-order chi connectivity index (χ1) is 11.8. The van der Waals surface area contributed by atoms with Crippen molar-refractivity contribution in [2.24, 2.45) is 0 Å². The van der Waals surface area contributed by atoms with E-state index in [0.29, 0.717) is 0 Å². The summed E-state index contributed by atoms with van der Waals surface area (Å²) in [5.41, 5.74) is 15.9. The van der Waals surface area contributed by atoms with Crippen LogP contribution in [0.1, 0.15) is 60.9 Å². The molecule has 0 aromatic heterocycles. The van der Waals surface area contributed by atoms with Crippen LogP contribution in [0.25, 0.3) is 16.7 Å². The third kappa shape index (κ3) is 1.80. The average molecular weight is 312 g/mol. The summed E-state index contributed by atoms with van der Waals surface area (Å²) in [6.07, 6.45) is 9.64. The minimum absolute atomic E-state index is 1.14. The molecule has 0 bridgehead atoms. The Kier molecular flexibility index (Phi) is 3.10. The number of benzene rings is 2. The zero-order valence-electron chi connectivity index (χ0n) is 14.7. The lowest BCUT2D eigenvalue weighted by Gasteiger charge is -2.28. The maximum absolute atomic E-state index is 2.54. The molecule has 0 atom stereocenters. The van der Waals surface area contributed by atoms with Gasteiger partial charge in [-0.3, -0.25) is 0 Å². The molecular formula is C24H24. The lowest BCUT2D eigenvalue weighted by Crippen LogP contribution is -2.15. The van der Waals surface area contributed by atoms with Crippen molar-refractivity contribution in [3.05, 3.63) is 75.4 Å². The van der Waals surface area contributed by atoms with Crippen molar-refractivity contribution in [1.82, 2.24) is 0 Å². The molecule has 0 fully saturated rings. The van der Waals surface area contributed by atoms with Crippen molar-refractivity contribution >= 4 is 5.57 Å². The molecule has 24 heavy (non-hydrogen) atoms. The van der Waals surface area contributed by atoms with E-state index in [9.17, 15) is 0 Å². The second-order valence-electron chi connectivity index (χ2n) is 7.34. The Morgan fingerprint density at radius 2 is 1.67 bits per heavy atom. The lowest BCUT2D eigenvalue weighted by molar-refractivity contribution is 0.818. The minimum atomic E-state index is 1.14. The number of rotatable bonds is 3. The molecule has 0 heteroatoms. The SMILES string of the molecule is CCC1=CCC(c2cc3c(c4c2CC4)Cc2ccccc2-3)=C1CC. The van der Waals surface area contributed by atoms with Gasteiger partial charge in [0.25, 0.3) is 0 Å². The molecule has 0 saturated carbocycles. The molecule has 0 saturated heterocycles. The van der Waals surface area contributed by atoms with Crippen molar-refractivity contribution in [2.75, 3.05) is 0 Å². The summed E-state index contributed by atoms with van der Waals surface area (Å²) in [6.45, 7) is 4.61. The number of hydrogen-bond acceptors (Lipinski definition) is 0. The Morgan fingerprint density at radius 3 is 2.42 bits per heavy atom. The topological polar surface area (TPSA) is 0 Å². The van der Waals surface area contributed by atoms with Gasteiger partial charge in [-0.2, -0.15) is 0 Å². The highest BCUT2D eigenvalue weighted by Crippen LogP contribution is 2.48. The molecule has 5 rings (SSSR count). The summed E-state index contributed by atoms with van der Waals surface area (Å²) >= 11 is 0. The summed E-state index contributed by atoms with van der Waals surface area (Å²) < 4.78 is 0. The van der Waals surface area contributed by atoms with Gasteiger partial charge < -0.3 is 0 Å². The van der Waals surface area contributed by atoms with Crippen LogP contribution in [0.5, 0.6) is 0 Å². The molecule has 0 amide bonds. The number of allylic oxidation sites excluding steroid dienone is 4. The van der Waals surface area contributed by atoms with Crippen molar-refractivity contribution in [3.63, 3.8) is 0 Å². The van der Waals surface area contributed by atoms with Crippen LogP contribution in [0.15, 0.2) is 47.6 Å². The first-order valence-corrected chi connectivity index (χ1v) is 9.49. The standard InChI is InChI=1S/C24H24/c1-3-15-9-10-19(17(15)4-2)24-14-23-18-8-6-5-7-16(18)13-22(23)20-11-12-21(20)24/h5-9,14H,3-4,10-13H2,1-2H3. The van der Waals surface area contributed by atoms with Crippen LogP contribution in [0.3, 0.4) is 0 Å². The van der Waals surface area contributed by atoms with Gasteiger partial charge in [0.15, 0.2) is 0 Å². The van der Waals surface area contributed by atoms with E-state index in [-0.39, 0.29) is 0 Å². The predicted molar refractivity (Wildman–Crippen MR) is 102 cm³/mol. The fourth-order valence-electron chi connectivity index (χ4n) is 5.06. The van der Waals surface area contributed by atoms with E-state index in [4.69, 9.17) is 0 Å². The molecule has 0 heterocycles. The minimum Gasteiger partial charge on any atom is -0.0766 e. The molecule has 0 N–H and O–H groups in total. The summed E-state index contributed by atoms with van der Waals surface area (Å²) in [4.78, 5) is 0. The number of hydrogen-bond donors (Lipinski definition) is 0. The Balaban J connectivity index is 1.73. The molecule has 0 aliphatic heterocycles. The van der Waals surface area contributed by atoms with E-state index in [2.05, 4.69) is 50.3 Å². The zero-order chi connectivity index (χ0) is 16.3. The van der Waals surface area contributed by atoms with Crippen molar-refractivity contribution < 1.29 is 0 Å². The summed E-state index contributed by atoms with van der Waals surface area (Å²) in [5.74, 6) is 0. The maximum atomic E-state index is 2.54. The van der Waals surface area contributed by atoms with Gasteiger partial charge in [-0.25, -0.2) is 0 Å². The molecule has 3 aliphatic rings. The fourth-order valence-corrected chi connectivity index (χ4v) is 5.06. The Bertz CT molecular complexity index is 921. The molecule has 0 spiro atoms. The predicted octanol–water partition coefficient (Wildman–Crippen LogP) is 6.26. The molecule has 2 aromatic rings. The van der Waals surface area contributed by atoms with Gasteiger partial charge in [0, 0.05) is 0 Å². The molecule has 0 radical (unpaired) electrons. The van der Waals surface area contributed by atoms with Crippen LogP contribution < -0.4 is 0 Å². The third-order valence-electron chi connectivity index (χ3n) is 6.33. The van der Waals surface area contributed by atoms with Gasteiger partial charge in [0.05, 0.1) is 0 Å². The first kappa shape index (κ1) is 14.3. The van der Waals surface area contributed by atoms with E-state index in [1.165, 1.54) is 36.0 Å². The van der Waals surface area contributed by atoms with Gasteiger partial charge in [-0.15, -0.1) is 0 Å². The van der Waals surface area contributed by atoms with Gasteiger partial charge in [-0.1, -0.05) is 44.2 Å². The van der Waals surface area contributed by atoms with Gasteiger partial charge in [0.1, 0.15) is 0 Å². The largest absolute Gasteiger partial charge is 0.0766 e. The van der Waals surface area contributed by atoms with Crippen molar-refractivity contribution in [1.29, 1.82) is 0 Å². The van der Waals surface area contributed by atoms with Crippen LogP contribution in [-0.2, 0) is 19.3 Å². The highest BCUT2D eigenvalue weighted by atomic mass is 14.3. The molecule has 3 aliphatic carbocycles. The van der Waals surface area contributed by atoms with Crippen LogP contribution in [0, 0.1) is 0 Å². The zero-order valence-corrected chi connectivity index (χ0v) is 14.7. The van der Waals surface area contributed by atoms with E-state index < -0.39 is 0 Å². The smallest absolute Gasteiger partial charge is 0.00106 e. The highest BCUT2D eigenvalue weighted by molar-refractivity contribution is 5.87. The molecule has 2 aromatic carbocycles. The second kappa shape index (κ2) is 5.21. The Morgan fingerprint density at radius 1 is 0.833 bits per heavy atom. The van der Waals surface area contributed by atoms with E-state index in [0.717, 1.165) is 19.3 Å². The Hall–Kier alpha value is -2.08. The summed E-state index contributed by atoms with van der Waals surface area (Å²) in [5, 5.41) is 0. The molecular weight excluding hydrogens is 288 g/mol. The van der Waals surface area contributed by atoms with Crippen LogP contribution >= 0.6 is 0 Å². The monoisotopic (exact) mass is 312 g/mol.